The summed E-state index contributed by atoms with van der Waals surface area (Å²) in [5.74, 6) is -0.982. The summed E-state index contributed by atoms with van der Waals surface area (Å²) in [6, 6.07) is 2.96. The molecule has 0 heterocycles. The monoisotopic (exact) mass is 403 g/mol. The van der Waals surface area contributed by atoms with Crippen molar-refractivity contribution in [1.82, 2.24) is 4.72 Å². The third-order valence-corrected chi connectivity index (χ3v) is 5.81. The lowest BCUT2D eigenvalue weighted by molar-refractivity contribution is 0.363. The number of rotatable bonds is 8. The number of hydrogen-bond donors (Lipinski definition) is 3. The highest BCUT2D eigenvalue weighted by Crippen LogP contribution is 2.22. The van der Waals surface area contributed by atoms with Gasteiger partial charge in [-0.2, -0.15) is 0 Å². The topological polar surface area (TPSA) is 118 Å². The first-order chi connectivity index (χ1) is 10.5. The molecule has 0 aliphatic heterocycles. The van der Waals surface area contributed by atoms with Gasteiger partial charge in [0.2, 0.25) is 20.0 Å². The molecule has 0 unspecified atom stereocenters. The van der Waals surface area contributed by atoms with Crippen LogP contribution in [0.4, 0.5) is 10.1 Å². The van der Waals surface area contributed by atoms with E-state index in [2.05, 4.69) is 4.72 Å². The molecular formula is C13H23ClFN3O4S2. The molecule has 0 amide bonds. The van der Waals surface area contributed by atoms with E-state index in [0.29, 0.717) is 12.8 Å². The number of nitrogens with two attached hydrogens (primary N) is 1. The molecule has 0 radical (unpaired) electrons. The Bertz CT molecular complexity index is 757. The first-order valence-corrected chi connectivity index (χ1v) is 10.4. The summed E-state index contributed by atoms with van der Waals surface area (Å²) in [6.45, 7) is 3.71. The maximum absolute atomic E-state index is 13.9. The fourth-order valence-electron chi connectivity index (χ4n) is 2.01. The van der Waals surface area contributed by atoms with Crippen molar-refractivity contribution in [3.05, 3.63) is 24.0 Å². The molecule has 7 nitrogen and oxygen atoms in total. The zero-order chi connectivity index (χ0) is 17.9. The van der Waals surface area contributed by atoms with Crippen LogP contribution in [-0.2, 0) is 20.0 Å². The molecule has 0 saturated carbocycles. The van der Waals surface area contributed by atoms with Crippen molar-refractivity contribution in [2.75, 3.05) is 17.5 Å². The van der Waals surface area contributed by atoms with Gasteiger partial charge in [-0.25, -0.2) is 25.9 Å². The van der Waals surface area contributed by atoms with Gasteiger partial charge in [-0.15, -0.1) is 12.4 Å². The number of sulfonamides is 2. The van der Waals surface area contributed by atoms with Gasteiger partial charge >= 0.3 is 0 Å². The van der Waals surface area contributed by atoms with Crippen LogP contribution in [0.5, 0.6) is 0 Å². The predicted molar refractivity (Wildman–Crippen MR) is 94.8 cm³/mol. The van der Waals surface area contributed by atoms with Crippen molar-refractivity contribution in [1.29, 1.82) is 0 Å². The first-order valence-electron chi connectivity index (χ1n) is 7.00. The molecule has 1 rings (SSSR count). The standard InChI is InChI=1S/C13H22FN3O4S2.ClH/c1-4-13(5-2,9-15)17-23(20,21)10-6-7-12(11(14)8-10)16-22(3,18)19;/h6-8,16-17H,4-5,9,15H2,1-3H3;1H. The molecule has 24 heavy (non-hydrogen) atoms. The Morgan fingerprint density at radius 3 is 2.08 bits per heavy atom. The molecule has 0 aliphatic rings. The predicted octanol–water partition coefficient (Wildman–Crippen LogP) is 1.41. The Labute approximate surface area is 148 Å². The molecule has 0 fully saturated rings. The number of benzene rings is 1. The van der Waals surface area contributed by atoms with Gasteiger partial charge in [-0.05, 0) is 31.0 Å². The minimum atomic E-state index is -3.98. The van der Waals surface area contributed by atoms with Crippen molar-refractivity contribution in [3.8, 4) is 0 Å². The molecule has 1 aromatic carbocycles. The van der Waals surface area contributed by atoms with Crippen LogP contribution in [0.25, 0.3) is 0 Å². The Morgan fingerprint density at radius 1 is 1.17 bits per heavy atom. The summed E-state index contributed by atoms with van der Waals surface area (Å²) in [6.07, 6.45) is 1.83. The van der Waals surface area contributed by atoms with E-state index in [1.54, 1.807) is 13.8 Å². The van der Waals surface area contributed by atoms with Crippen LogP contribution in [0.1, 0.15) is 26.7 Å². The molecule has 1 aromatic rings. The molecule has 0 atom stereocenters. The summed E-state index contributed by atoms with van der Waals surface area (Å²) in [4.78, 5) is -0.297. The normalized spacial score (nSPS) is 12.5. The van der Waals surface area contributed by atoms with Gasteiger partial charge in [-0.1, -0.05) is 13.8 Å². The average Bonchev–Trinajstić information content (AvgIpc) is 2.45. The van der Waals surface area contributed by atoms with Crippen LogP contribution in [0.15, 0.2) is 23.1 Å². The maximum atomic E-state index is 13.9. The van der Waals surface area contributed by atoms with Crippen LogP contribution >= 0.6 is 12.4 Å². The summed E-state index contributed by atoms with van der Waals surface area (Å²) in [5, 5.41) is 0. The largest absolute Gasteiger partial charge is 0.329 e. The van der Waals surface area contributed by atoms with Crippen molar-refractivity contribution in [3.63, 3.8) is 0 Å². The van der Waals surface area contributed by atoms with Crippen LogP contribution in [-0.4, -0.2) is 35.2 Å². The number of anilines is 1. The minimum absolute atomic E-state index is 0. The van der Waals surface area contributed by atoms with Crippen LogP contribution in [0.2, 0.25) is 0 Å². The molecule has 0 bridgehead atoms. The second-order valence-corrected chi connectivity index (χ2v) is 8.74. The van der Waals surface area contributed by atoms with E-state index in [0.717, 1.165) is 24.5 Å². The SMILES string of the molecule is CCC(CC)(CN)NS(=O)(=O)c1ccc(NS(C)(=O)=O)c(F)c1.Cl. The summed E-state index contributed by atoms with van der Waals surface area (Å²) in [5.41, 5.74) is 4.54. The lowest BCUT2D eigenvalue weighted by Gasteiger charge is -2.31. The molecular weight excluding hydrogens is 381 g/mol. The Balaban J connectivity index is 0.00000529. The zero-order valence-corrected chi connectivity index (χ0v) is 16.1. The molecule has 0 saturated heterocycles. The molecule has 4 N–H and O–H groups in total. The quantitative estimate of drug-likeness (QED) is 0.606. The highest BCUT2D eigenvalue weighted by molar-refractivity contribution is 7.92. The van der Waals surface area contributed by atoms with Gasteiger partial charge in [0.15, 0.2) is 0 Å². The second-order valence-electron chi connectivity index (χ2n) is 5.31. The van der Waals surface area contributed by atoms with Crippen LogP contribution in [0, 0.1) is 5.82 Å². The van der Waals surface area contributed by atoms with Gasteiger partial charge in [0.1, 0.15) is 5.82 Å². The Morgan fingerprint density at radius 2 is 1.71 bits per heavy atom. The van der Waals surface area contributed by atoms with E-state index in [4.69, 9.17) is 5.73 Å². The van der Waals surface area contributed by atoms with Crippen molar-refractivity contribution >= 4 is 38.1 Å². The lowest BCUT2D eigenvalue weighted by Crippen LogP contribution is -2.52. The van der Waals surface area contributed by atoms with Gasteiger partial charge in [0.05, 0.1) is 16.8 Å². The van der Waals surface area contributed by atoms with E-state index in [1.165, 1.54) is 0 Å². The molecule has 0 aliphatic carbocycles. The highest BCUT2D eigenvalue weighted by atomic mass is 35.5. The third kappa shape index (κ3) is 5.85. The van der Waals surface area contributed by atoms with E-state index in [-0.39, 0.29) is 29.5 Å². The van der Waals surface area contributed by atoms with Crippen molar-refractivity contribution in [2.24, 2.45) is 5.73 Å². The molecule has 0 aromatic heterocycles. The van der Waals surface area contributed by atoms with Gasteiger partial charge in [0, 0.05) is 12.1 Å². The van der Waals surface area contributed by atoms with Crippen LogP contribution in [0.3, 0.4) is 0 Å². The van der Waals surface area contributed by atoms with E-state index in [9.17, 15) is 21.2 Å². The van der Waals surface area contributed by atoms with Crippen molar-refractivity contribution in [2.45, 2.75) is 37.1 Å². The summed E-state index contributed by atoms with van der Waals surface area (Å²) in [7, 11) is -7.64. The first kappa shape index (κ1) is 23.1. The fraction of sp³-hybridized carbons (Fsp3) is 0.538. The summed E-state index contributed by atoms with van der Waals surface area (Å²) < 4.78 is 65.5. The van der Waals surface area contributed by atoms with Gasteiger partial charge in [0.25, 0.3) is 0 Å². The average molecular weight is 404 g/mol. The van der Waals surface area contributed by atoms with E-state index < -0.39 is 31.4 Å². The van der Waals surface area contributed by atoms with Gasteiger partial charge in [-0.3, -0.25) is 4.72 Å². The number of halogens is 2. The zero-order valence-electron chi connectivity index (χ0n) is 13.7. The van der Waals surface area contributed by atoms with E-state index in [1.807, 2.05) is 4.72 Å². The van der Waals surface area contributed by atoms with Crippen molar-refractivity contribution < 1.29 is 21.2 Å². The van der Waals surface area contributed by atoms with E-state index >= 15 is 0 Å². The summed E-state index contributed by atoms with van der Waals surface area (Å²) >= 11 is 0. The lowest BCUT2D eigenvalue weighted by atomic mass is 9.95. The number of hydrogen-bond acceptors (Lipinski definition) is 5. The highest BCUT2D eigenvalue weighted by Gasteiger charge is 2.31. The molecule has 140 valence electrons. The second kappa shape index (κ2) is 8.43. The van der Waals surface area contributed by atoms with Crippen LogP contribution < -0.4 is 15.2 Å². The molecule has 11 heteroatoms. The van der Waals surface area contributed by atoms with Gasteiger partial charge < -0.3 is 5.73 Å². The third-order valence-electron chi connectivity index (χ3n) is 3.64. The molecule has 0 spiro atoms. The number of nitrogens with one attached hydrogen (secondary N) is 2. The Kier molecular flexibility index (Phi) is 8.10. The Hall–Kier alpha value is -0.940. The fourth-order valence-corrected chi connectivity index (χ4v) is 4.14. The smallest absolute Gasteiger partial charge is 0.241 e. The maximum Gasteiger partial charge on any atom is 0.241 e. The minimum Gasteiger partial charge on any atom is -0.329 e.